The number of hydrogen-bond donors (Lipinski definition) is 2. The standard InChI is InChI=1S/C20H18BrF2N5O2S/c1-11-3-5-13(6-4-11)24-17(29)9-16-26-27-20(28(16)2)31-10-18(30)25-19-14(21)7-12(22)8-15(19)23/h3-8H,9-10H2,1-2H3,(H,24,29)(H,25,30). The summed E-state index contributed by atoms with van der Waals surface area (Å²) in [6, 6.07) is 9.16. The quantitative estimate of drug-likeness (QED) is 0.468. The van der Waals surface area contributed by atoms with Gasteiger partial charge in [0.1, 0.15) is 11.6 Å². The van der Waals surface area contributed by atoms with Gasteiger partial charge in [0.2, 0.25) is 11.8 Å². The van der Waals surface area contributed by atoms with E-state index in [-0.39, 0.29) is 28.2 Å². The third-order valence-electron chi connectivity index (χ3n) is 4.18. The molecule has 0 aliphatic rings. The van der Waals surface area contributed by atoms with E-state index < -0.39 is 17.5 Å². The number of aromatic nitrogens is 3. The molecule has 162 valence electrons. The molecule has 0 fully saturated rings. The molecular formula is C20H18BrF2N5O2S. The molecule has 0 saturated heterocycles. The van der Waals surface area contributed by atoms with Crippen molar-refractivity contribution < 1.29 is 18.4 Å². The van der Waals surface area contributed by atoms with Crippen molar-refractivity contribution in [2.24, 2.45) is 7.05 Å². The van der Waals surface area contributed by atoms with E-state index in [2.05, 4.69) is 36.8 Å². The second kappa shape index (κ2) is 10.0. The molecule has 31 heavy (non-hydrogen) atoms. The van der Waals surface area contributed by atoms with Crippen LogP contribution in [-0.4, -0.2) is 32.3 Å². The lowest BCUT2D eigenvalue weighted by Crippen LogP contribution is -2.17. The number of rotatable bonds is 7. The summed E-state index contributed by atoms with van der Waals surface area (Å²) in [7, 11) is 1.69. The SMILES string of the molecule is Cc1ccc(NC(=O)Cc2nnc(SCC(=O)Nc3c(F)cc(F)cc3Br)n2C)cc1. The maximum atomic E-state index is 13.8. The fourth-order valence-electron chi connectivity index (χ4n) is 2.58. The van der Waals surface area contributed by atoms with E-state index in [1.54, 1.807) is 11.6 Å². The third kappa shape index (κ3) is 6.11. The van der Waals surface area contributed by atoms with Crippen LogP contribution in [0.25, 0.3) is 0 Å². The lowest BCUT2D eigenvalue weighted by Gasteiger charge is -2.09. The largest absolute Gasteiger partial charge is 0.326 e. The maximum absolute atomic E-state index is 13.8. The van der Waals surface area contributed by atoms with Gasteiger partial charge in [-0.15, -0.1) is 10.2 Å². The predicted molar refractivity (Wildman–Crippen MR) is 118 cm³/mol. The van der Waals surface area contributed by atoms with Crippen molar-refractivity contribution in [3.8, 4) is 0 Å². The molecule has 3 rings (SSSR count). The van der Waals surface area contributed by atoms with E-state index in [0.29, 0.717) is 22.7 Å². The minimum absolute atomic E-state index is 0.0118. The summed E-state index contributed by atoms with van der Waals surface area (Å²) in [6.45, 7) is 1.96. The van der Waals surface area contributed by atoms with E-state index in [9.17, 15) is 18.4 Å². The molecule has 1 heterocycles. The van der Waals surface area contributed by atoms with E-state index in [4.69, 9.17) is 0 Å². The average molecular weight is 510 g/mol. The second-order valence-corrected chi connectivity index (χ2v) is 8.43. The lowest BCUT2D eigenvalue weighted by molar-refractivity contribution is -0.116. The van der Waals surface area contributed by atoms with Crippen LogP contribution < -0.4 is 10.6 Å². The van der Waals surface area contributed by atoms with Gasteiger partial charge in [0.05, 0.1) is 17.9 Å². The van der Waals surface area contributed by atoms with Gasteiger partial charge in [0.25, 0.3) is 0 Å². The van der Waals surface area contributed by atoms with E-state index in [1.807, 2.05) is 31.2 Å². The number of carbonyl (C=O) groups excluding carboxylic acids is 2. The van der Waals surface area contributed by atoms with Crippen LogP contribution in [0.2, 0.25) is 0 Å². The topological polar surface area (TPSA) is 88.9 Å². The zero-order valence-corrected chi connectivity index (χ0v) is 19.0. The number of nitrogens with one attached hydrogen (secondary N) is 2. The fourth-order valence-corrected chi connectivity index (χ4v) is 3.81. The first kappa shape index (κ1) is 22.9. The molecule has 0 radical (unpaired) electrons. The number of nitrogens with zero attached hydrogens (tertiary/aromatic N) is 3. The van der Waals surface area contributed by atoms with Gasteiger partial charge in [0.15, 0.2) is 11.0 Å². The molecule has 2 N–H and O–H groups in total. The third-order valence-corrected chi connectivity index (χ3v) is 5.83. The Morgan fingerprint density at radius 2 is 1.81 bits per heavy atom. The monoisotopic (exact) mass is 509 g/mol. The van der Waals surface area contributed by atoms with Crippen LogP contribution in [0, 0.1) is 18.6 Å². The summed E-state index contributed by atoms with van der Waals surface area (Å²) in [5, 5.41) is 13.6. The van der Waals surface area contributed by atoms with Gasteiger partial charge >= 0.3 is 0 Å². The first-order valence-electron chi connectivity index (χ1n) is 9.05. The summed E-state index contributed by atoms with van der Waals surface area (Å²) in [6.07, 6.45) is 0.0118. The Hall–Kier alpha value is -2.79. The molecule has 1 aromatic heterocycles. The molecular weight excluding hydrogens is 492 g/mol. The van der Waals surface area contributed by atoms with Gasteiger partial charge in [-0.05, 0) is 41.1 Å². The summed E-state index contributed by atoms with van der Waals surface area (Å²) < 4.78 is 28.7. The van der Waals surface area contributed by atoms with Crippen LogP contribution in [0.1, 0.15) is 11.4 Å². The van der Waals surface area contributed by atoms with Crippen molar-refractivity contribution in [1.29, 1.82) is 0 Å². The molecule has 3 aromatic rings. The van der Waals surface area contributed by atoms with Gasteiger partial charge in [-0.2, -0.15) is 0 Å². The normalized spacial score (nSPS) is 10.7. The molecule has 7 nitrogen and oxygen atoms in total. The van der Waals surface area contributed by atoms with Crippen molar-refractivity contribution in [3.63, 3.8) is 0 Å². The highest BCUT2D eigenvalue weighted by Crippen LogP contribution is 2.27. The number of carbonyl (C=O) groups is 2. The van der Waals surface area contributed by atoms with Crippen LogP contribution in [0.5, 0.6) is 0 Å². The van der Waals surface area contributed by atoms with Crippen molar-refractivity contribution in [2.45, 2.75) is 18.5 Å². The molecule has 2 aromatic carbocycles. The van der Waals surface area contributed by atoms with Gasteiger partial charge in [-0.3, -0.25) is 9.59 Å². The summed E-state index contributed by atoms with van der Waals surface area (Å²) in [5.74, 6) is -2.03. The van der Waals surface area contributed by atoms with E-state index in [0.717, 1.165) is 23.4 Å². The summed E-state index contributed by atoms with van der Waals surface area (Å²) in [5.41, 5.74) is 1.63. The predicted octanol–water partition coefficient (Wildman–Crippen LogP) is 4.08. The number of benzene rings is 2. The molecule has 11 heteroatoms. The fraction of sp³-hybridized carbons (Fsp3) is 0.200. The molecule has 0 unspecified atom stereocenters. The molecule has 0 atom stereocenters. The molecule has 0 bridgehead atoms. The van der Waals surface area contributed by atoms with E-state index >= 15 is 0 Å². The molecule has 0 spiro atoms. The van der Waals surface area contributed by atoms with Crippen molar-refractivity contribution in [1.82, 2.24) is 14.8 Å². The van der Waals surface area contributed by atoms with Gasteiger partial charge in [-0.25, -0.2) is 8.78 Å². The number of anilines is 2. The Morgan fingerprint density at radius 3 is 2.48 bits per heavy atom. The minimum atomic E-state index is -0.884. The minimum Gasteiger partial charge on any atom is -0.326 e. The zero-order valence-electron chi connectivity index (χ0n) is 16.6. The van der Waals surface area contributed by atoms with Crippen LogP contribution in [0.4, 0.5) is 20.2 Å². The molecule has 0 saturated carbocycles. The Morgan fingerprint density at radius 1 is 1.10 bits per heavy atom. The number of thioether (sulfide) groups is 1. The number of amides is 2. The second-order valence-electron chi connectivity index (χ2n) is 6.63. The zero-order chi connectivity index (χ0) is 22.5. The van der Waals surface area contributed by atoms with Crippen molar-refractivity contribution in [3.05, 3.63) is 63.9 Å². The number of aryl methyl sites for hydroxylation is 1. The van der Waals surface area contributed by atoms with Gasteiger partial charge < -0.3 is 15.2 Å². The number of halogens is 3. The van der Waals surface area contributed by atoms with Crippen molar-refractivity contribution >= 4 is 50.9 Å². The lowest BCUT2D eigenvalue weighted by atomic mass is 10.2. The number of hydrogen-bond acceptors (Lipinski definition) is 5. The van der Waals surface area contributed by atoms with Crippen LogP contribution in [-0.2, 0) is 23.1 Å². The first-order valence-corrected chi connectivity index (χ1v) is 10.8. The highest BCUT2D eigenvalue weighted by molar-refractivity contribution is 9.10. The van der Waals surface area contributed by atoms with Crippen LogP contribution in [0.15, 0.2) is 46.0 Å². The van der Waals surface area contributed by atoms with Gasteiger partial charge in [0, 0.05) is 23.3 Å². The van der Waals surface area contributed by atoms with Crippen LogP contribution in [0.3, 0.4) is 0 Å². The summed E-state index contributed by atoms with van der Waals surface area (Å²) in [4.78, 5) is 24.4. The van der Waals surface area contributed by atoms with Crippen molar-refractivity contribution in [2.75, 3.05) is 16.4 Å². The molecule has 0 aliphatic carbocycles. The van der Waals surface area contributed by atoms with Crippen LogP contribution >= 0.6 is 27.7 Å². The van der Waals surface area contributed by atoms with E-state index in [1.165, 1.54) is 0 Å². The molecule has 0 aliphatic heterocycles. The summed E-state index contributed by atoms with van der Waals surface area (Å²) >= 11 is 4.10. The Labute approximate surface area is 189 Å². The molecule has 2 amide bonds. The highest BCUT2D eigenvalue weighted by atomic mass is 79.9. The van der Waals surface area contributed by atoms with Gasteiger partial charge in [-0.1, -0.05) is 29.5 Å². The Balaban J connectivity index is 1.56. The smallest absolute Gasteiger partial charge is 0.234 e. The Kier molecular flexibility index (Phi) is 7.39. The maximum Gasteiger partial charge on any atom is 0.234 e. The average Bonchev–Trinajstić information content (AvgIpc) is 3.04. The Bertz CT molecular complexity index is 1100. The first-order chi connectivity index (χ1) is 14.7. The highest BCUT2D eigenvalue weighted by Gasteiger charge is 2.16.